The van der Waals surface area contributed by atoms with Crippen LogP contribution in [0.1, 0.15) is 0 Å². The summed E-state index contributed by atoms with van der Waals surface area (Å²) in [5.74, 6) is 0.322. The fourth-order valence-electron chi connectivity index (χ4n) is 1.53. The third-order valence-electron chi connectivity index (χ3n) is 2.48. The van der Waals surface area contributed by atoms with Crippen LogP contribution < -0.4 is 9.46 Å². The molecule has 0 radical (unpaired) electrons. The van der Waals surface area contributed by atoms with Gasteiger partial charge in [-0.05, 0) is 34.1 Å². The summed E-state index contributed by atoms with van der Waals surface area (Å²) in [7, 11) is -2.53. The lowest BCUT2D eigenvalue weighted by atomic mass is 10.4. The predicted octanol–water partition coefficient (Wildman–Crippen LogP) is 3.96. The first kappa shape index (κ1) is 16.4. The highest BCUT2D eigenvalue weighted by Crippen LogP contribution is 2.32. The van der Waals surface area contributed by atoms with E-state index in [1.54, 1.807) is 6.07 Å². The Morgan fingerprint density at radius 2 is 2.05 bits per heavy atom. The van der Waals surface area contributed by atoms with Crippen LogP contribution in [0.4, 0.5) is 5.82 Å². The molecule has 0 aliphatic carbocycles. The molecule has 1 aromatic carbocycles. The monoisotopic (exact) mass is 410 g/mol. The number of anilines is 1. The number of halogens is 3. The molecule has 5 nitrogen and oxygen atoms in total. The van der Waals surface area contributed by atoms with E-state index >= 15 is 0 Å². The van der Waals surface area contributed by atoms with Gasteiger partial charge in [-0.2, -0.15) is 0 Å². The molecule has 1 aromatic heterocycles. The lowest BCUT2D eigenvalue weighted by Gasteiger charge is -2.12. The van der Waals surface area contributed by atoms with Crippen LogP contribution in [-0.4, -0.2) is 20.5 Å². The molecular formula is C12H9BrCl2N2O3S. The molecule has 0 atom stereocenters. The molecule has 21 heavy (non-hydrogen) atoms. The fraction of sp³-hybridized carbons (Fsp3) is 0.0833. The summed E-state index contributed by atoms with van der Waals surface area (Å²) < 4.78 is 32.8. The lowest BCUT2D eigenvalue weighted by molar-refractivity contribution is 0.415. The Labute approximate surface area is 140 Å². The van der Waals surface area contributed by atoms with Crippen molar-refractivity contribution in [2.45, 2.75) is 4.90 Å². The zero-order valence-electron chi connectivity index (χ0n) is 10.6. The molecule has 1 N–H and O–H groups in total. The first-order valence-corrected chi connectivity index (χ1v) is 8.54. The summed E-state index contributed by atoms with van der Waals surface area (Å²) in [6, 6.07) is 5.93. The molecule has 9 heteroatoms. The number of rotatable bonds is 4. The predicted molar refractivity (Wildman–Crippen MR) is 85.8 cm³/mol. The number of pyridine rings is 1. The quantitative estimate of drug-likeness (QED) is 0.826. The Bertz CT molecular complexity index is 784. The number of hydrogen-bond acceptors (Lipinski definition) is 4. The zero-order chi connectivity index (χ0) is 15.6. The van der Waals surface area contributed by atoms with Gasteiger partial charge in [-0.3, -0.25) is 4.72 Å². The first-order valence-electron chi connectivity index (χ1n) is 5.51. The molecule has 112 valence electrons. The molecule has 0 amide bonds. The van der Waals surface area contributed by atoms with E-state index in [2.05, 4.69) is 25.6 Å². The molecular weight excluding hydrogens is 403 g/mol. The second-order valence-corrected chi connectivity index (χ2v) is 7.21. The van der Waals surface area contributed by atoms with Crippen molar-refractivity contribution >= 4 is 55.0 Å². The van der Waals surface area contributed by atoms with Crippen molar-refractivity contribution in [3.8, 4) is 5.75 Å². The molecule has 0 fully saturated rings. The van der Waals surface area contributed by atoms with Crippen LogP contribution in [0.25, 0.3) is 0 Å². The summed E-state index contributed by atoms with van der Waals surface area (Å²) in [5, 5.41) is 0.0954. The minimum Gasteiger partial charge on any atom is -0.493 e. The number of benzene rings is 1. The van der Waals surface area contributed by atoms with Crippen LogP contribution in [0.5, 0.6) is 5.75 Å². The van der Waals surface area contributed by atoms with Gasteiger partial charge < -0.3 is 4.74 Å². The van der Waals surface area contributed by atoms with E-state index in [0.717, 1.165) is 0 Å². The van der Waals surface area contributed by atoms with Crippen molar-refractivity contribution in [1.82, 2.24) is 4.98 Å². The summed E-state index contributed by atoms with van der Waals surface area (Å²) in [4.78, 5) is 3.84. The standard InChI is InChI=1S/C12H9BrCl2N2O3S/c1-20-9-5-7(13)6-16-12(9)17-21(18,19)10-4-2-3-8(14)11(10)15/h2-6H,1H3,(H,16,17). The molecule has 1 heterocycles. The highest BCUT2D eigenvalue weighted by molar-refractivity contribution is 9.10. The number of ether oxygens (including phenoxy) is 1. The van der Waals surface area contributed by atoms with Gasteiger partial charge in [-0.1, -0.05) is 29.3 Å². The normalized spacial score (nSPS) is 11.2. The zero-order valence-corrected chi connectivity index (χ0v) is 14.5. The van der Waals surface area contributed by atoms with E-state index < -0.39 is 10.0 Å². The largest absolute Gasteiger partial charge is 0.493 e. The molecule has 2 rings (SSSR count). The van der Waals surface area contributed by atoms with E-state index in [-0.39, 0.29) is 26.5 Å². The van der Waals surface area contributed by atoms with Crippen molar-refractivity contribution in [2.24, 2.45) is 0 Å². The second-order valence-electron chi connectivity index (χ2n) is 3.86. The van der Waals surface area contributed by atoms with Gasteiger partial charge in [0.25, 0.3) is 10.0 Å². The van der Waals surface area contributed by atoms with Gasteiger partial charge >= 0.3 is 0 Å². The Kier molecular flexibility index (Phi) is 4.98. The molecule has 0 unspecified atom stereocenters. The molecule has 0 aliphatic rings. The number of hydrogen-bond donors (Lipinski definition) is 1. The molecule has 0 bridgehead atoms. The molecule has 0 saturated carbocycles. The average molecular weight is 412 g/mol. The Hall–Kier alpha value is -1.02. The van der Waals surface area contributed by atoms with E-state index in [1.165, 1.54) is 31.5 Å². The minimum atomic E-state index is -3.94. The molecule has 2 aromatic rings. The van der Waals surface area contributed by atoms with Crippen LogP contribution in [0.2, 0.25) is 10.0 Å². The summed E-state index contributed by atoms with van der Waals surface area (Å²) in [6.07, 6.45) is 1.44. The van der Waals surface area contributed by atoms with Crippen molar-refractivity contribution in [3.63, 3.8) is 0 Å². The van der Waals surface area contributed by atoms with Crippen molar-refractivity contribution in [1.29, 1.82) is 0 Å². The van der Waals surface area contributed by atoms with Crippen molar-refractivity contribution < 1.29 is 13.2 Å². The number of nitrogens with zero attached hydrogens (tertiary/aromatic N) is 1. The van der Waals surface area contributed by atoms with Gasteiger partial charge in [0.2, 0.25) is 0 Å². The Balaban J connectivity index is 2.45. The van der Waals surface area contributed by atoms with Crippen LogP contribution in [0.3, 0.4) is 0 Å². The van der Waals surface area contributed by atoms with Crippen LogP contribution in [0, 0.1) is 0 Å². The maximum atomic E-state index is 12.4. The van der Waals surface area contributed by atoms with Crippen LogP contribution in [-0.2, 0) is 10.0 Å². The number of sulfonamides is 1. The van der Waals surface area contributed by atoms with Gasteiger partial charge in [0, 0.05) is 10.7 Å². The number of nitrogens with one attached hydrogen (secondary N) is 1. The van der Waals surface area contributed by atoms with Gasteiger partial charge in [0.15, 0.2) is 11.6 Å². The maximum Gasteiger partial charge on any atom is 0.264 e. The molecule has 0 aliphatic heterocycles. The Morgan fingerprint density at radius 1 is 1.33 bits per heavy atom. The van der Waals surface area contributed by atoms with Crippen LogP contribution in [0.15, 0.2) is 39.8 Å². The fourth-order valence-corrected chi connectivity index (χ4v) is 3.62. The number of methoxy groups -OCH3 is 1. The average Bonchev–Trinajstić information content (AvgIpc) is 2.43. The summed E-state index contributed by atoms with van der Waals surface area (Å²) in [5.41, 5.74) is 0. The van der Waals surface area contributed by atoms with Gasteiger partial charge in [0.1, 0.15) is 4.90 Å². The maximum absolute atomic E-state index is 12.4. The van der Waals surface area contributed by atoms with E-state index in [1.807, 2.05) is 0 Å². The third-order valence-corrected chi connectivity index (χ3v) is 5.22. The van der Waals surface area contributed by atoms with Crippen molar-refractivity contribution in [2.75, 3.05) is 11.8 Å². The number of aromatic nitrogens is 1. The van der Waals surface area contributed by atoms with E-state index in [4.69, 9.17) is 27.9 Å². The Morgan fingerprint density at radius 3 is 2.71 bits per heavy atom. The smallest absolute Gasteiger partial charge is 0.264 e. The highest BCUT2D eigenvalue weighted by Gasteiger charge is 2.21. The molecule has 0 saturated heterocycles. The van der Waals surface area contributed by atoms with Crippen molar-refractivity contribution in [3.05, 3.63) is 45.0 Å². The van der Waals surface area contributed by atoms with Gasteiger partial charge in [0.05, 0.1) is 17.2 Å². The second kappa shape index (κ2) is 6.39. The van der Waals surface area contributed by atoms with E-state index in [0.29, 0.717) is 4.47 Å². The summed E-state index contributed by atoms with van der Waals surface area (Å²) in [6.45, 7) is 0. The lowest BCUT2D eigenvalue weighted by Crippen LogP contribution is -2.15. The first-order chi connectivity index (χ1) is 9.85. The van der Waals surface area contributed by atoms with E-state index in [9.17, 15) is 8.42 Å². The third kappa shape index (κ3) is 3.60. The minimum absolute atomic E-state index is 0.0525. The highest BCUT2D eigenvalue weighted by atomic mass is 79.9. The van der Waals surface area contributed by atoms with Crippen LogP contribution >= 0.6 is 39.1 Å². The van der Waals surface area contributed by atoms with Gasteiger partial charge in [-0.25, -0.2) is 13.4 Å². The SMILES string of the molecule is COc1cc(Br)cnc1NS(=O)(=O)c1cccc(Cl)c1Cl. The summed E-state index contributed by atoms with van der Waals surface area (Å²) >= 11 is 15.0. The van der Waals surface area contributed by atoms with Gasteiger partial charge in [-0.15, -0.1) is 0 Å². The molecule has 0 spiro atoms. The topological polar surface area (TPSA) is 68.3 Å².